The SMILES string of the molecule is CCN1CCC[C@H]1CNc1ncccc1C#N. The van der Waals surface area contributed by atoms with Crippen molar-refractivity contribution in [3.05, 3.63) is 23.9 Å². The van der Waals surface area contributed by atoms with Gasteiger partial charge in [-0.1, -0.05) is 6.92 Å². The Bertz CT molecular complexity index is 410. The molecule has 1 aliphatic heterocycles. The largest absolute Gasteiger partial charge is 0.367 e. The van der Waals surface area contributed by atoms with E-state index in [4.69, 9.17) is 5.26 Å². The van der Waals surface area contributed by atoms with Gasteiger partial charge in [0, 0.05) is 18.8 Å². The van der Waals surface area contributed by atoms with Gasteiger partial charge in [-0.25, -0.2) is 4.98 Å². The molecule has 0 bridgehead atoms. The zero-order chi connectivity index (χ0) is 12.1. The second-order valence-corrected chi connectivity index (χ2v) is 4.32. The summed E-state index contributed by atoms with van der Waals surface area (Å²) >= 11 is 0. The summed E-state index contributed by atoms with van der Waals surface area (Å²) in [6.07, 6.45) is 4.22. The molecule has 1 saturated heterocycles. The highest BCUT2D eigenvalue weighted by atomic mass is 15.2. The Morgan fingerprint density at radius 1 is 1.65 bits per heavy atom. The Balaban J connectivity index is 1.96. The molecule has 17 heavy (non-hydrogen) atoms. The van der Waals surface area contributed by atoms with Crippen LogP contribution in [0.3, 0.4) is 0 Å². The lowest BCUT2D eigenvalue weighted by molar-refractivity contribution is 0.277. The summed E-state index contributed by atoms with van der Waals surface area (Å²) in [5.41, 5.74) is 0.619. The molecule has 90 valence electrons. The number of likely N-dealkylation sites (tertiary alicyclic amines) is 1. The van der Waals surface area contributed by atoms with E-state index in [1.807, 2.05) is 0 Å². The molecule has 0 amide bonds. The third kappa shape index (κ3) is 2.75. The van der Waals surface area contributed by atoms with E-state index < -0.39 is 0 Å². The highest BCUT2D eigenvalue weighted by molar-refractivity contribution is 5.51. The van der Waals surface area contributed by atoms with E-state index in [1.54, 1.807) is 18.3 Å². The highest BCUT2D eigenvalue weighted by Crippen LogP contribution is 2.18. The van der Waals surface area contributed by atoms with Crippen LogP contribution < -0.4 is 5.32 Å². The van der Waals surface area contributed by atoms with Gasteiger partial charge in [-0.2, -0.15) is 5.26 Å². The number of nitrogens with zero attached hydrogens (tertiary/aromatic N) is 3. The van der Waals surface area contributed by atoms with Gasteiger partial charge in [0.25, 0.3) is 0 Å². The molecule has 0 unspecified atom stereocenters. The summed E-state index contributed by atoms with van der Waals surface area (Å²) in [5.74, 6) is 0.706. The Morgan fingerprint density at radius 3 is 3.29 bits per heavy atom. The van der Waals surface area contributed by atoms with Crippen LogP contribution in [0.5, 0.6) is 0 Å². The van der Waals surface area contributed by atoms with Gasteiger partial charge < -0.3 is 5.32 Å². The van der Waals surface area contributed by atoms with E-state index in [0.29, 0.717) is 17.4 Å². The van der Waals surface area contributed by atoms with Gasteiger partial charge in [0.2, 0.25) is 0 Å². The predicted octanol–water partition coefficient (Wildman–Crippen LogP) is 1.85. The lowest BCUT2D eigenvalue weighted by atomic mass is 10.2. The molecule has 1 aliphatic rings. The number of aromatic nitrogens is 1. The molecule has 2 rings (SSSR count). The van der Waals surface area contributed by atoms with Gasteiger partial charge in [-0.3, -0.25) is 4.90 Å². The van der Waals surface area contributed by atoms with Crippen molar-refractivity contribution in [1.82, 2.24) is 9.88 Å². The Morgan fingerprint density at radius 2 is 2.53 bits per heavy atom. The number of hydrogen-bond donors (Lipinski definition) is 1. The topological polar surface area (TPSA) is 52.0 Å². The Hall–Kier alpha value is -1.60. The smallest absolute Gasteiger partial charge is 0.143 e. The van der Waals surface area contributed by atoms with Crippen LogP contribution in [0.4, 0.5) is 5.82 Å². The molecule has 1 aromatic rings. The Kier molecular flexibility index (Phi) is 3.94. The zero-order valence-corrected chi connectivity index (χ0v) is 10.2. The summed E-state index contributed by atoms with van der Waals surface area (Å²) in [7, 11) is 0. The molecule has 0 saturated carbocycles. The van der Waals surface area contributed by atoms with Crippen LogP contribution in [0, 0.1) is 11.3 Å². The van der Waals surface area contributed by atoms with Crippen molar-refractivity contribution in [3.63, 3.8) is 0 Å². The summed E-state index contributed by atoms with van der Waals surface area (Å²) < 4.78 is 0. The molecule has 1 atom stereocenters. The fraction of sp³-hybridized carbons (Fsp3) is 0.538. The maximum Gasteiger partial charge on any atom is 0.143 e. The third-order valence-electron chi connectivity index (χ3n) is 3.34. The maximum absolute atomic E-state index is 8.97. The average Bonchev–Trinajstić information content (AvgIpc) is 2.84. The van der Waals surface area contributed by atoms with Crippen molar-refractivity contribution in [2.24, 2.45) is 0 Å². The van der Waals surface area contributed by atoms with Crippen LogP contribution >= 0.6 is 0 Å². The van der Waals surface area contributed by atoms with Crippen molar-refractivity contribution >= 4 is 5.82 Å². The minimum absolute atomic E-state index is 0.577. The first-order valence-corrected chi connectivity index (χ1v) is 6.18. The molecule has 2 heterocycles. The fourth-order valence-corrected chi connectivity index (χ4v) is 2.39. The summed E-state index contributed by atoms with van der Waals surface area (Å²) in [6.45, 7) is 5.36. The fourth-order valence-electron chi connectivity index (χ4n) is 2.39. The number of likely N-dealkylation sites (N-methyl/N-ethyl adjacent to an activating group) is 1. The van der Waals surface area contributed by atoms with E-state index in [2.05, 4.69) is 28.2 Å². The molecule has 0 aromatic carbocycles. The minimum Gasteiger partial charge on any atom is -0.367 e. The molecule has 1 aromatic heterocycles. The molecule has 0 spiro atoms. The van der Waals surface area contributed by atoms with Crippen LogP contribution in [-0.4, -0.2) is 35.6 Å². The van der Waals surface area contributed by atoms with Gasteiger partial charge in [-0.15, -0.1) is 0 Å². The maximum atomic E-state index is 8.97. The number of nitrogens with one attached hydrogen (secondary N) is 1. The number of pyridine rings is 1. The molecule has 1 fully saturated rings. The summed E-state index contributed by atoms with van der Waals surface area (Å²) in [6, 6.07) is 6.32. The van der Waals surface area contributed by atoms with E-state index >= 15 is 0 Å². The van der Waals surface area contributed by atoms with Crippen LogP contribution in [0.15, 0.2) is 18.3 Å². The quantitative estimate of drug-likeness (QED) is 0.857. The van der Waals surface area contributed by atoms with Gasteiger partial charge in [-0.05, 0) is 38.1 Å². The van der Waals surface area contributed by atoms with E-state index in [-0.39, 0.29) is 0 Å². The van der Waals surface area contributed by atoms with Crippen molar-refractivity contribution in [2.75, 3.05) is 25.0 Å². The standard InChI is InChI=1S/C13H18N4/c1-2-17-8-4-6-12(17)10-16-13-11(9-14)5-3-7-15-13/h3,5,7,12H,2,4,6,8,10H2,1H3,(H,15,16)/t12-/m0/s1. The molecule has 0 radical (unpaired) electrons. The second-order valence-electron chi connectivity index (χ2n) is 4.32. The zero-order valence-electron chi connectivity index (χ0n) is 10.2. The summed E-state index contributed by atoms with van der Waals surface area (Å²) in [4.78, 5) is 6.68. The van der Waals surface area contributed by atoms with Crippen molar-refractivity contribution in [1.29, 1.82) is 5.26 Å². The average molecular weight is 230 g/mol. The third-order valence-corrected chi connectivity index (χ3v) is 3.34. The Labute approximate surface area is 102 Å². The van der Waals surface area contributed by atoms with Gasteiger partial charge in [0.1, 0.15) is 11.9 Å². The first-order valence-electron chi connectivity index (χ1n) is 6.18. The molecule has 4 nitrogen and oxygen atoms in total. The van der Waals surface area contributed by atoms with Crippen molar-refractivity contribution < 1.29 is 0 Å². The normalized spacial score (nSPS) is 20.1. The van der Waals surface area contributed by atoms with Crippen LogP contribution in [0.25, 0.3) is 0 Å². The van der Waals surface area contributed by atoms with Gasteiger partial charge in [0.15, 0.2) is 0 Å². The van der Waals surface area contributed by atoms with E-state index in [1.165, 1.54) is 19.4 Å². The first-order chi connectivity index (χ1) is 8.35. The van der Waals surface area contributed by atoms with Crippen molar-refractivity contribution in [2.45, 2.75) is 25.8 Å². The molecule has 1 N–H and O–H groups in total. The number of anilines is 1. The van der Waals surface area contributed by atoms with Crippen molar-refractivity contribution in [3.8, 4) is 6.07 Å². The minimum atomic E-state index is 0.577. The number of rotatable bonds is 4. The number of nitriles is 1. The number of hydrogen-bond acceptors (Lipinski definition) is 4. The predicted molar refractivity (Wildman–Crippen MR) is 67.7 cm³/mol. The van der Waals surface area contributed by atoms with Crippen LogP contribution in [0.2, 0.25) is 0 Å². The monoisotopic (exact) mass is 230 g/mol. The molecule has 4 heteroatoms. The van der Waals surface area contributed by atoms with Gasteiger partial charge >= 0.3 is 0 Å². The van der Waals surface area contributed by atoms with Crippen LogP contribution in [0.1, 0.15) is 25.3 Å². The molecular formula is C13H18N4. The van der Waals surface area contributed by atoms with Gasteiger partial charge in [0.05, 0.1) is 5.56 Å². The van der Waals surface area contributed by atoms with E-state index in [9.17, 15) is 0 Å². The lowest BCUT2D eigenvalue weighted by Crippen LogP contribution is -2.34. The molecular weight excluding hydrogens is 212 g/mol. The van der Waals surface area contributed by atoms with E-state index in [0.717, 1.165) is 13.1 Å². The lowest BCUT2D eigenvalue weighted by Gasteiger charge is -2.23. The summed E-state index contributed by atoms with van der Waals surface area (Å²) in [5, 5.41) is 12.3. The second kappa shape index (κ2) is 5.65. The first kappa shape index (κ1) is 11.9. The highest BCUT2D eigenvalue weighted by Gasteiger charge is 2.22. The molecule has 0 aliphatic carbocycles. The van der Waals surface area contributed by atoms with Crippen LogP contribution in [-0.2, 0) is 0 Å².